The van der Waals surface area contributed by atoms with Crippen LogP contribution in [0.4, 0.5) is 4.79 Å². The lowest BCUT2D eigenvalue weighted by Crippen LogP contribution is -2.18. The maximum absolute atomic E-state index is 11.3. The molecule has 2 aromatic rings. The van der Waals surface area contributed by atoms with Gasteiger partial charge in [0.2, 0.25) is 0 Å². The number of hydrogen-bond donors (Lipinski definition) is 1. The Labute approximate surface area is 148 Å². The van der Waals surface area contributed by atoms with Crippen molar-refractivity contribution in [3.05, 3.63) is 57.6 Å². The maximum Gasteiger partial charge on any atom is 0.409 e. The van der Waals surface area contributed by atoms with E-state index in [0.717, 1.165) is 28.0 Å². The van der Waals surface area contributed by atoms with E-state index in [1.807, 2.05) is 20.8 Å². The molecule has 1 aliphatic heterocycles. The Balaban J connectivity index is 2.09. The van der Waals surface area contributed by atoms with E-state index in [1.165, 1.54) is 11.1 Å². The van der Waals surface area contributed by atoms with Gasteiger partial charge >= 0.3 is 6.09 Å². The third-order valence-corrected chi connectivity index (χ3v) is 5.18. The van der Waals surface area contributed by atoms with Crippen LogP contribution in [0, 0.1) is 20.8 Å². The fraction of sp³-hybridized carbons (Fsp3) is 0.381. The first kappa shape index (κ1) is 17.3. The highest BCUT2D eigenvalue weighted by atomic mass is 16.5. The number of benzene rings is 2. The van der Waals surface area contributed by atoms with Crippen LogP contribution in [0.15, 0.2) is 24.3 Å². The van der Waals surface area contributed by atoms with Crippen LogP contribution in [-0.4, -0.2) is 12.7 Å². The lowest BCUT2D eigenvalue weighted by molar-refractivity contribution is 0.210. The molecule has 0 bridgehead atoms. The van der Waals surface area contributed by atoms with Gasteiger partial charge in [-0.25, -0.2) is 4.79 Å². The number of amides is 1. The second kappa shape index (κ2) is 6.43. The van der Waals surface area contributed by atoms with Crippen LogP contribution in [0.3, 0.4) is 0 Å². The molecule has 3 rings (SSSR count). The van der Waals surface area contributed by atoms with Gasteiger partial charge < -0.3 is 15.2 Å². The molecule has 0 fully saturated rings. The predicted octanol–water partition coefficient (Wildman–Crippen LogP) is 4.72. The summed E-state index contributed by atoms with van der Waals surface area (Å²) in [6.07, 6.45) is -0.790. The van der Waals surface area contributed by atoms with Gasteiger partial charge in [-0.3, -0.25) is 0 Å². The highest BCUT2D eigenvalue weighted by Crippen LogP contribution is 2.47. The highest BCUT2D eigenvalue weighted by Gasteiger charge is 2.32. The second-order valence-corrected chi connectivity index (χ2v) is 7.05. The molecule has 2 aromatic carbocycles. The molecule has 1 amide bonds. The molecule has 1 atom stereocenters. The van der Waals surface area contributed by atoms with Gasteiger partial charge in [0, 0.05) is 11.5 Å². The van der Waals surface area contributed by atoms with E-state index in [9.17, 15) is 4.79 Å². The number of carbonyl (C=O) groups is 1. The van der Waals surface area contributed by atoms with Crippen LogP contribution in [0.25, 0.3) is 0 Å². The van der Waals surface area contributed by atoms with Crippen molar-refractivity contribution in [2.45, 2.75) is 46.5 Å². The molecule has 4 heteroatoms. The molecule has 1 unspecified atom stereocenters. The quantitative estimate of drug-likeness (QED) is 0.880. The molecule has 2 N–H and O–H groups in total. The fourth-order valence-electron chi connectivity index (χ4n) is 3.60. The van der Waals surface area contributed by atoms with Gasteiger partial charge in [-0.1, -0.05) is 38.1 Å². The summed E-state index contributed by atoms with van der Waals surface area (Å²) in [7, 11) is 0. The monoisotopic (exact) mass is 339 g/mol. The van der Waals surface area contributed by atoms with Crippen LogP contribution in [0.5, 0.6) is 11.5 Å². The first-order valence-corrected chi connectivity index (χ1v) is 8.64. The lowest BCUT2D eigenvalue weighted by atomic mass is 9.86. The average molecular weight is 339 g/mol. The van der Waals surface area contributed by atoms with Gasteiger partial charge in [0.15, 0.2) is 0 Å². The Bertz CT molecular complexity index is 822. The van der Waals surface area contributed by atoms with Crippen LogP contribution >= 0.6 is 0 Å². The van der Waals surface area contributed by atoms with Crippen molar-refractivity contribution in [3.63, 3.8) is 0 Å². The van der Waals surface area contributed by atoms with Crippen molar-refractivity contribution in [1.82, 2.24) is 0 Å². The normalized spacial score (nSPS) is 15.8. The third kappa shape index (κ3) is 2.97. The molecular weight excluding hydrogens is 314 g/mol. The van der Waals surface area contributed by atoms with Crippen LogP contribution in [0.1, 0.15) is 59.1 Å². The molecule has 0 aliphatic carbocycles. The van der Waals surface area contributed by atoms with E-state index < -0.39 is 6.09 Å². The minimum atomic E-state index is -0.790. The summed E-state index contributed by atoms with van der Waals surface area (Å²) < 4.78 is 11.3. The smallest absolute Gasteiger partial charge is 0.409 e. The Morgan fingerprint density at radius 3 is 2.32 bits per heavy atom. The summed E-state index contributed by atoms with van der Waals surface area (Å²) in [5.41, 5.74) is 11.7. The molecule has 1 aliphatic rings. The van der Waals surface area contributed by atoms with E-state index >= 15 is 0 Å². The lowest BCUT2D eigenvalue weighted by Gasteiger charge is -2.18. The van der Waals surface area contributed by atoms with Crippen molar-refractivity contribution < 1.29 is 14.3 Å². The standard InChI is InChI=1S/C21H25NO3/c1-11(2)15-6-8-16(9-7-15)17-10-24-20-13(4)12(3)19(25-21(22)23)14(5)18(17)20/h6-9,11,17H,10H2,1-5H3,(H2,22,23). The summed E-state index contributed by atoms with van der Waals surface area (Å²) in [6, 6.07) is 8.69. The molecular formula is C21H25NO3. The van der Waals surface area contributed by atoms with Crippen molar-refractivity contribution in [1.29, 1.82) is 0 Å². The maximum atomic E-state index is 11.3. The van der Waals surface area contributed by atoms with Crippen molar-refractivity contribution >= 4 is 6.09 Å². The molecule has 0 spiro atoms. The van der Waals surface area contributed by atoms with E-state index in [2.05, 4.69) is 38.1 Å². The molecule has 0 saturated carbocycles. The fourth-order valence-corrected chi connectivity index (χ4v) is 3.60. The van der Waals surface area contributed by atoms with Gasteiger partial charge in [-0.2, -0.15) is 0 Å². The van der Waals surface area contributed by atoms with Gasteiger partial charge in [0.05, 0.1) is 6.61 Å². The Morgan fingerprint density at radius 1 is 1.12 bits per heavy atom. The Hall–Kier alpha value is -2.49. The minimum Gasteiger partial charge on any atom is -0.492 e. The molecule has 0 saturated heterocycles. The van der Waals surface area contributed by atoms with Crippen LogP contribution in [0.2, 0.25) is 0 Å². The average Bonchev–Trinajstić information content (AvgIpc) is 3.02. The van der Waals surface area contributed by atoms with Gasteiger partial charge in [0.25, 0.3) is 0 Å². The molecule has 4 nitrogen and oxygen atoms in total. The topological polar surface area (TPSA) is 61.5 Å². The van der Waals surface area contributed by atoms with Crippen LogP contribution < -0.4 is 15.2 Å². The molecule has 132 valence electrons. The van der Waals surface area contributed by atoms with Crippen molar-refractivity contribution in [2.24, 2.45) is 5.73 Å². The number of primary amides is 1. The zero-order valence-corrected chi connectivity index (χ0v) is 15.5. The van der Waals surface area contributed by atoms with Gasteiger partial charge in [0.1, 0.15) is 11.5 Å². The van der Waals surface area contributed by atoms with E-state index in [-0.39, 0.29) is 5.92 Å². The number of hydrogen-bond acceptors (Lipinski definition) is 3. The molecule has 1 heterocycles. The summed E-state index contributed by atoms with van der Waals surface area (Å²) in [6.45, 7) is 10.9. The zero-order chi connectivity index (χ0) is 18.3. The van der Waals surface area contributed by atoms with Gasteiger partial charge in [-0.15, -0.1) is 0 Å². The first-order chi connectivity index (χ1) is 11.8. The molecule has 0 radical (unpaired) electrons. The van der Waals surface area contributed by atoms with Crippen LogP contribution in [-0.2, 0) is 0 Å². The second-order valence-electron chi connectivity index (χ2n) is 7.05. The number of carbonyl (C=O) groups excluding carboxylic acids is 1. The number of fused-ring (bicyclic) bond motifs is 1. The number of rotatable bonds is 3. The van der Waals surface area contributed by atoms with Gasteiger partial charge in [-0.05, 0) is 54.5 Å². The summed E-state index contributed by atoms with van der Waals surface area (Å²) in [5, 5.41) is 0. The summed E-state index contributed by atoms with van der Waals surface area (Å²) in [5.74, 6) is 2.09. The minimum absolute atomic E-state index is 0.130. The Morgan fingerprint density at radius 2 is 1.76 bits per heavy atom. The highest BCUT2D eigenvalue weighted by molar-refractivity contribution is 5.72. The van der Waals surface area contributed by atoms with E-state index in [1.54, 1.807) is 0 Å². The Kier molecular flexibility index (Phi) is 4.46. The SMILES string of the molecule is Cc1c(C)c2c(c(C)c1OC(N)=O)C(c1ccc(C(C)C)cc1)CO2. The van der Waals surface area contributed by atoms with E-state index in [4.69, 9.17) is 15.2 Å². The molecule has 0 aromatic heterocycles. The number of ether oxygens (including phenoxy) is 2. The third-order valence-electron chi connectivity index (χ3n) is 5.18. The summed E-state index contributed by atoms with van der Waals surface area (Å²) in [4.78, 5) is 11.3. The zero-order valence-electron chi connectivity index (χ0n) is 15.5. The summed E-state index contributed by atoms with van der Waals surface area (Å²) >= 11 is 0. The number of nitrogens with two attached hydrogens (primary N) is 1. The molecule has 25 heavy (non-hydrogen) atoms. The predicted molar refractivity (Wildman–Crippen MR) is 98.7 cm³/mol. The first-order valence-electron chi connectivity index (χ1n) is 8.64. The van der Waals surface area contributed by atoms with Crippen molar-refractivity contribution in [3.8, 4) is 11.5 Å². The largest absolute Gasteiger partial charge is 0.492 e. The van der Waals surface area contributed by atoms with Crippen molar-refractivity contribution in [2.75, 3.05) is 6.61 Å². The van der Waals surface area contributed by atoms with E-state index in [0.29, 0.717) is 18.3 Å².